The van der Waals surface area contributed by atoms with E-state index in [9.17, 15) is 10.1 Å². The van der Waals surface area contributed by atoms with Crippen molar-refractivity contribution in [3.05, 3.63) is 76.8 Å². The molecule has 0 aromatic heterocycles. The Kier molecular flexibility index (Phi) is 5.68. The van der Waals surface area contributed by atoms with Gasteiger partial charge in [-0.05, 0) is 61.7 Å². The zero-order chi connectivity index (χ0) is 22.0. The molecule has 0 saturated carbocycles. The van der Waals surface area contributed by atoms with Gasteiger partial charge in [0.15, 0.2) is 5.78 Å². The van der Waals surface area contributed by atoms with E-state index in [0.717, 1.165) is 41.3 Å². The average Bonchev–Trinajstić information content (AvgIpc) is 2.79. The zero-order valence-corrected chi connectivity index (χ0v) is 17.7. The summed E-state index contributed by atoms with van der Waals surface area (Å²) in [6.07, 6.45) is 1.96. The van der Waals surface area contributed by atoms with Crippen molar-refractivity contribution in [2.75, 3.05) is 18.6 Å². The first-order valence-corrected chi connectivity index (χ1v) is 10.4. The van der Waals surface area contributed by atoms with Gasteiger partial charge in [-0.25, -0.2) is 0 Å². The highest BCUT2D eigenvalue weighted by molar-refractivity contribution is 6.01. The molecule has 2 aromatic rings. The minimum Gasteiger partial charge on any atom is -0.497 e. The molecule has 0 amide bonds. The second-order valence-corrected chi connectivity index (χ2v) is 7.52. The molecule has 1 aliphatic carbocycles. The summed E-state index contributed by atoms with van der Waals surface area (Å²) in [5.41, 5.74) is 10.2. The Morgan fingerprint density at radius 2 is 1.77 bits per heavy atom. The van der Waals surface area contributed by atoms with Crippen LogP contribution in [0.1, 0.15) is 37.7 Å². The summed E-state index contributed by atoms with van der Waals surface area (Å²) in [4.78, 5) is 15.0. The van der Waals surface area contributed by atoms with Gasteiger partial charge in [-0.15, -0.1) is 0 Å². The van der Waals surface area contributed by atoms with E-state index >= 15 is 0 Å². The van der Waals surface area contributed by atoms with Gasteiger partial charge in [-0.1, -0.05) is 12.1 Å². The van der Waals surface area contributed by atoms with Crippen molar-refractivity contribution in [1.82, 2.24) is 0 Å². The molecule has 4 rings (SSSR count). The second kappa shape index (κ2) is 8.57. The van der Waals surface area contributed by atoms with Crippen LogP contribution in [0.3, 0.4) is 0 Å². The fourth-order valence-corrected chi connectivity index (χ4v) is 4.37. The molecule has 0 saturated heterocycles. The van der Waals surface area contributed by atoms with Crippen molar-refractivity contribution in [2.45, 2.75) is 32.1 Å². The lowest BCUT2D eigenvalue weighted by Crippen LogP contribution is -2.38. The summed E-state index contributed by atoms with van der Waals surface area (Å²) in [5.74, 6) is 1.43. The Labute approximate surface area is 182 Å². The number of nitrogens with zero attached hydrogens (tertiary/aromatic N) is 2. The van der Waals surface area contributed by atoms with Crippen LogP contribution in [0.15, 0.2) is 71.2 Å². The normalized spacial score (nSPS) is 18.5. The topological polar surface area (TPSA) is 88.6 Å². The van der Waals surface area contributed by atoms with Crippen LogP contribution < -0.4 is 20.1 Å². The van der Waals surface area contributed by atoms with Crippen molar-refractivity contribution >= 4 is 11.5 Å². The van der Waals surface area contributed by atoms with Gasteiger partial charge < -0.3 is 15.2 Å². The predicted octanol–water partition coefficient (Wildman–Crippen LogP) is 4.40. The third kappa shape index (κ3) is 3.64. The summed E-state index contributed by atoms with van der Waals surface area (Å²) in [6.45, 7) is 2.50. The first kappa shape index (κ1) is 20.5. The summed E-state index contributed by atoms with van der Waals surface area (Å²) in [7, 11) is 1.61. The molecular formula is C25H25N3O3. The monoisotopic (exact) mass is 415 g/mol. The molecule has 1 aliphatic heterocycles. The molecule has 0 bridgehead atoms. The maximum Gasteiger partial charge on any atom is 0.161 e. The van der Waals surface area contributed by atoms with Crippen LogP contribution in [0.5, 0.6) is 11.5 Å². The number of hydrogen-bond acceptors (Lipinski definition) is 6. The van der Waals surface area contributed by atoms with Crippen LogP contribution in [0.4, 0.5) is 5.69 Å². The molecule has 0 unspecified atom stereocenters. The van der Waals surface area contributed by atoms with E-state index < -0.39 is 5.92 Å². The number of methoxy groups -OCH3 is 1. The lowest BCUT2D eigenvalue weighted by molar-refractivity contribution is -0.116. The number of hydrogen-bond donors (Lipinski definition) is 1. The molecule has 31 heavy (non-hydrogen) atoms. The van der Waals surface area contributed by atoms with Crippen LogP contribution in [0.25, 0.3) is 0 Å². The minimum atomic E-state index is -0.474. The summed E-state index contributed by atoms with van der Waals surface area (Å²) in [6, 6.07) is 17.3. The van der Waals surface area contributed by atoms with Crippen LogP contribution in [-0.2, 0) is 4.79 Å². The smallest absolute Gasteiger partial charge is 0.161 e. The van der Waals surface area contributed by atoms with Gasteiger partial charge >= 0.3 is 0 Å². The van der Waals surface area contributed by atoms with Crippen molar-refractivity contribution in [2.24, 2.45) is 5.73 Å². The third-order valence-corrected chi connectivity index (χ3v) is 5.77. The van der Waals surface area contributed by atoms with Crippen molar-refractivity contribution < 1.29 is 14.3 Å². The largest absolute Gasteiger partial charge is 0.497 e. The fourth-order valence-electron chi connectivity index (χ4n) is 4.37. The zero-order valence-electron chi connectivity index (χ0n) is 17.7. The number of benzene rings is 2. The molecule has 2 aliphatic rings. The third-order valence-electron chi connectivity index (χ3n) is 5.77. The van der Waals surface area contributed by atoms with Crippen LogP contribution in [0, 0.1) is 11.3 Å². The van der Waals surface area contributed by atoms with Crippen molar-refractivity contribution in [1.29, 1.82) is 5.26 Å². The van der Waals surface area contributed by atoms with Gasteiger partial charge in [0, 0.05) is 23.4 Å². The second-order valence-electron chi connectivity index (χ2n) is 7.52. The highest BCUT2D eigenvalue weighted by atomic mass is 16.5. The van der Waals surface area contributed by atoms with E-state index in [-0.39, 0.29) is 5.78 Å². The van der Waals surface area contributed by atoms with E-state index in [1.807, 2.05) is 60.4 Å². The Morgan fingerprint density at radius 3 is 2.39 bits per heavy atom. The van der Waals surface area contributed by atoms with Gasteiger partial charge in [0.1, 0.15) is 17.3 Å². The number of ketones is 1. The van der Waals surface area contributed by atoms with E-state index in [2.05, 4.69) is 6.07 Å². The SMILES string of the molecule is CCOc1ccc([C@H]2C(C#N)=C(N)N(c3ccc(OC)cc3)C3=C2C(=O)CCC3)cc1. The van der Waals surface area contributed by atoms with Gasteiger partial charge in [-0.3, -0.25) is 9.69 Å². The number of carbonyl (C=O) groups excluding carboxylic acids is 1. The van der Waals surface area contributed by atoms with E-state index in [0.29, 0.717) is 30.0 Å². The van der Waals surface area contributed by atoms with Gasteiger partial charge in [0.2, 0.25) is 0 Å². The number of rotatable bonds is 5. The summed E-state index contributed by atoms with van der Waals surface area (Å²) < 4.78 is 10.8. The quantitative estimate of drug-likeness (QED) is 0.779. The Hall–Kier alpha value is -3.72. The van der Waals surface area contributed by atoms with Gasteiger partial charge in [0.05, 0.1) is 31.3 Å². The van der Waals surface area contributed by atoms with Crippen molar-refractivity contribution in [3.8, 4) is 17.6 Å². The molecule has 1 heterocycles. The molecule has 0 fully saturated rings. The Bertz CT molecular complexity index is 1090. The van der Waals surface area contributed by atoms with E-state index in [1.54, 1.807) is 7.11 Å². The van der Waals surface area contributed by atoms with Gasteiger partial charge in [0.25, 0.3) is 0 Å². The molecule has 6 heteroatoms. The fraction of sp³-hybridized carbons (Fsp3) is 0.280. The lowest BCUT2D eigenvalue weighted by Gasteiger charge is -2.39. The standard InChI is InChI=1S/C25H25N3O3/c1-3-31-19-11-7-16(8-12-19)23-20(15-26)25(27)28(17-9-13-18(30-2)14-10-17)21-5-4-6-22(29)24(21)23/h7-14,23H,3-6,27H2,1-2H3/t23-/m0/s1. The molecule has 6 nitrogen and oxygen atoms in total. The number of ether oxygens (including phenoxy) is 2. The van der Waals surface area contributed by atoms with Gasteiger partial charge in [-0.2, -0.15) is 5.26 Å². The van der Waals surface area contributed by atoms with Crippen LogP contribution >= 0.6 is 0 Å². The molecule has 2 aromatic carbocycles. The number of anilines is 1. The summed E-state index contributed by atoms with van der Waals surface area (Å²) in [5, 5.41) is 10.1. The number of nitrogens with two attached hydrogens (primary N) is 1. The number of Topliss-reactive ketones (excluding diaryl/α,β-unsaturated/α-hetero) is 1. The van der Waals surface area contributed by atoms with Crippen LogP contribution in [0.2, 0.25) is 0 Å². The number of carbonyl (C=O) groups is 1. The maximum atomic E-state index is 13.1. The number of nitriles is 1. The first-order chi connectivity index (χ1) is 15.1. The first-order valence-electron chi connectivity index (χ1n) is 10.4. The highest BCUT2D eigenvalue weighted by Gasteiger charge is 2.40. The molecule has 0 radical (unpaired) electrons. The molecular weight excluding hydrogens is 390 g/mol. The highest BCUT2D eigenvalue weighted by Crippen LogP contribution is 2.46. The van der Waals surface area contributed by atoms with Crippen LogP contribution in [-0.4, -0.2) is 19.5 Å². The Morgan fingerprint density at radius 1 is 1.10 bits per heavy atom. The molecule has 1 atom stereocenters. The van der Waals surface area contributed by atoms with E-state index in [4.69, 9.17) is 15.2 Å². The lowest BCUT2D eigenvalue weighted by atomic mass is 9.75. The maximum absolute atomic E-state index is 13.1. The predicted molar refractivity (Wildman–Crippen MR) is 119 cm³/mol. The average molecular weight is 415 g/mol. The van der Waals surface area contributed by atoms with Crippen molar-refractivity contribution in [3.63, 3.8) is 0 Å². The van der Waals surface area contributed by atoms with E-state index in [1.165, 1.54) is 0 Å². The minimum absolute atomic E-state index is 0.0684. The molecule has 2 N–H and O–H groups in total. The Balaban J connectivity index is 1.86. The summed E-state index contributed by atoms with van der Waals surface area (Å²) >= 11 is 0. The molecule has 0 spiro atoms. The number of allylic oxidation sites excluding steroid dienone is 3. The molecule has 158 valence electrons.